The summed E-state index contributed by atoms with van der Waals surface area (Å²) >= 11 is 0. The Labute approximate surface area is 121 Å². The van der Waals surface area contributed by atoms with Crippen LogP contribution in [0.15, 0.2) is 10.5 Å². The highest BCUT2D eigenvalue weighted by molar-refractivity contribution is 5.90. The summed E-state index contributed by atoms with van der Waals surface area (Å²) in [5.74, 6) is 1.27. The Morgan fingerprint density at radius 2 is 1.95 bits per heavy atom. The van der Waals surface area contributed by atoms with Crippen molar-refractivity contribution in [2.45, 2.75) is 52.0 Å². The highest BCUT2D eigenvalue weighted by Crippen LogP contribution is 2.29. The van der Waals surface area contributed by atoms with Crippen LogP contribution in [0.2, 0.25) is 0 Å². The van der Waals surface area contributed by atoms with Gasteiger partial charge < -0.3 is 9.15 Å². The van der Waals surface area contributed by atoms with Crippen molar-refractivity contribution in [1.29, 1.82) is 0 Å². The van der Waals surface area contributed by atoms with Crippen LogP contribution in [0, 0.1) is 0 Å². The molecule has 4 heteroatoms. The van der Waals surface area contributed by atoms with Crippen molar-refractivity contribution in [3.63, 3.8) is 0 Å². The van der Waals surface area contributed by atoms with Crippen LogP contribution < -0.4 is 0 Å². The lowest BCUT2D eigenvalue weighted by molar-refractivity contribution is 0.0595. The molecule has 1 fully saturated rings. The molecule has 1 aromatic rings. The van der Waals surface area contributed by atoms with E-state index in [0.29, 0.717) is 12.1 Å². The van der Waals surface area contributed by atoms with Crippen molar-refractivity contribution in [2.24, 2.45) is 0 Å². The number of likely N-dealkylation sites (tertiary alicyclic amines) is 1. The van der Waals surface area contributed by atoms with E-state index in [4.69, 9.17) is 9.15 Å². The van der Waals surface area contributed by atoms with Gasteiger partial charge in [0, 0.05) is 5.41 Å². The van der Waals surface area contributed by atoms with E-state index in [2.05, 4.69) is 25.7 Å². The number of carbonyl (C=O) groups is 1. The molecule has 0 aliphatic carbocycles. The van der Waals surface area contributed by atoms with Gasteiger partial charge in [-0.25, -0.2) is 4.79 Å². The number of rotatable bonds is 3. The second-order valence-corrected chi connectivity index (χ2v) is 6.53. The summed E-state index contributed by atoms with van der Waals surface area (Å²) in [5, 5.41) is 0. The summed E-state index contributed by atoms with van der Waals surface area (Å²) in [6.07, 6.45) is 3.74. The van der Waals surface area contributed by atoms with E-state index in [1.54, 1.807) is 0 Å². The average molecular weight is 279 g/mol. The van der Waals surface area contributed by atoms with E-state index in [0.717, 1.165) is 24.6 Å². The molecule has 0 radical (unpaired) electrons. The van der Waals surface area contributed by atoms with Gasteiger partial charge in [-0.15, -0.1) is 0 Å². The van der Waals surface area contributed by atoms with Crippen molar-refractivity contribution in [3.05, 3.63) is 23.2 Å². The van der Waals surface area contributed by atoms with Crippen LogP contribution in [0.3, 0.4) is 0 Å². The number of esters is 1. The lowest BCUT2D eigenvalue weighted by Crippen LogP contribution is -2.29. The molecular formula is C16H25NO3. The third-order valence-electron chi connectivity index (χ3n) is 3.77. The summed E-state index contributed by atoms with van der Waals surface area (Å²) in [6, 6.07) is 1.84. The predicted molar refractivity (Wildman–Crippen MR) is 77.9 cm³/mol. The third-order valence-corrected chi connectivity index (χ3v) is 3.77. The molecular weight excluding hydrogens is 254 g/mol. The summed E-state index contributed by atoms with van der Waals surface area (Å²) in [6.45, 7) is 9.09. The monoisotopic (exact) mass is 279 g/mol. The number of nitrogens with zero attached hydrogens (tertiary/aromatic N) is 1. The molecule has 0 amide bonds. The Morgan fingerprint density at radius 1 is 1.30 bits per heavy atom. The molecule has 2 heterocycles. The van der Waals surface area contributed by atoms with Gasteiger partial charge in [0.1, 0.15) is 17.1 Å². The van der Waals surface area contributed by atoms with Crippen LogP contribution in [-0.2, 0) is 16.7 Å². The molecule has 2 rings (SSSR count). The van der Waals surface area contributed by atoms with Crippen LogP contribution in [0.4, 0.5) is 0 Å². The van der Waals surface area contributed by atoms with E-state index in [-0.39, 0.29) is 11.4 Å². The van der Waals surface area contributed by atoms with E-state index in [9.17, 15) is 4.79 Å². The van der Waals surface area contributed by atoms with Crippen LogP contribution in [0.5, 0.6) is 0 Å². The maximum Gasteiger partial charge on any atom is 0.341 e. The smallest absolute Gasteiger partial charge is 0.341 e. The number of methoxy groups -OCH3 is 1. The molecule has 1 saturated heterocycles. The summed E-state index contributed by atoms with van der Waals surface area (Å²) in [7, 11) is 1.41. The maximum atomic E-state index is 11.9. The van der Waals surface area contributed by atoms with Crippen LogP contribution in [0.1, 0.15) is 61.9 Å². The number of hydrogen-bond acceptors (Lipinski definition) is 4. The van der Waals surface area contributed by atoms with Gasteiger partial charge in [0.2, 0.25) is 0 Å². The standard InChI is InChI=1S/C16H25NO3/c1-16(2,3)14-10-12(15(18)19-4)13(20-14)11-17-8-6-5-7-9-17/h10H,5-9,11H2,1-4H3. The molecule has 1 aliphatic rings. The normalized spacial score (nSPS) is 17.2. The Bertz CT molecular complexity index is 465. The minimum absolute atomic E-state index is 0.108. The minimum atomic E-state index is -0.309. The highest BCUT2D eigenvalue weighted by atomic mass is 16.5. The largest absolute Gasteiger partial charge is 0.465 e. The van der Waals surface area contributed by atoms with Gasteiger partial charge in [0.15, 0.2) is 0 Å². The number of hydrogen-bond donors (Lipinski definition) is 0. The van der Waals surface area contributed by atoms with Crippen molar-refractivity contribution in [1.82, 2.24) is 4.90 Å². The number of piperidine rings is 1. The number of carbonyl (C=O) groups excluding carboxylic acids is 1. The fraction of sp³-hybridized carbons (Fsp3) is 0.688. The van der Waals surface area contributed by atoms with Crippen molar-refractivity contribution in [2.75, 3.05) is 20.2 Å². The second kappa shape index (κ2) is 6.00. The molecule has 0 bridgehead atoms. The second-order valence-electron chi connectivity index (χ2n) is 6.53. The SMILES string of the molecule is COC(=O)c1cc(C(C)(C)C)oc1CN1CCCCC1. The zero-order valence-electron chi connectivity index (χ0n) is 13.0. The first-order valence-corrected chi connectivity index (χ1v) is 7.35. The zero-order valence-corrected chi connectivity index (χ0v) is 13.0. The average Bonchev–Trinajstić information content (AvgIpc) is 2.83. The molecule has 1 aromatic heterocycles. The Balaban J connectivity index is 2.24. The van der Waals surface area contributed by atoms with Gasteiger partial charge in [-0.05, 0) is 32.0 Å². The number of furan rings is 1. The molecule has 0 aromatic carbocycles. The molecule has 112 valence electrons. The third kappa shape index (κ3) is 3.42. The highest BCUT2D eigenvalue weighted by Gasteiger charge is 2.26. The van der Waals surface area contributed by atoms with Crippen LogP contribution >= 0.6 is 0 Å². The first-order valence-electron chi connectivity index (χ1n) is 7.35. The molecule has 0 unspecified atom stereocenters. The first-order chi connectivity index (χ1) is 9.41. The van der Waals surface area contributed by atoms with Gasteiger partial charge in [-0.2, -0.15) is 0 Å². The maximum absolute atomic E-state index is 11.9. The fourth-order valence-corrected chi connectivity index (χ4v) is 2.52. The molecule has 4 nitrogen and oxygen atoms in total. The Morgan fingerprint density at radius 3 is 2.50 bits per heavy atom. The van der Waals surface area contributed by atoms with Gasteiger partial charge in [-0.3, -0.25) is 4.90 Å². The predicted octanol–water partition coefficient (Wildman–Crippen LogP) is 3.35. The summed E-state index contributed by atoms with van der Waals surface area (Å²) in [5.41, 5.74) is 0.464. The molecule has 20 heavy (non-hydrogen) atoms. The quantitative estimate of drug-likeness (QED) is 0.796. The molecule has 0 spiro atoms. The molecule has 1 aliphatic heterocycles. The van der Waals surface area contributed by atoms with Gasteiger partial charge in [0.05, 0.1) is 13.7 Å². The Kier molecular flexibility index (Phi) is 4.53. The van der Waals surface area contributed by atoms with Crippen LogP contribution in [-0.4, -0.2) is 31.1 Å². The van der Waals surface area contributed by atoms with Crippen LogP contribution in [0.25, 0.3) is 0 Å². The van der Waals surface area contributed by atoms with Gasteiger partial charge in [0.25, 0.3) is 0 Å². The topological polar surface area (TPSA) is 42.7 Å². The summed E-state index contributed by atoms with van der Waals surface area (Å²) < 4.78 is 10.8. The van der Waals surface area contributed by atoms with Crippen molar-refractivity contribution < 1.29 is 13.9 Å². The Hall–Kier alpha value is -1.29. The van der Waals surface area contributed by atoms with Gasteiger partial charge >= 0.3 is 5.97 Å². The molecule has 0 saturated carbocycles. The molecule has 0 atom stereocenters. The lowest BCUT2D eigenvalue weighted by atomic mass is 9.93. The van der Waals surface area contributed by atoms with Crippen molar-refractivity contribution in [3.8, 4) is 0 Å². The number of ether oxygens (including phenoxy) is 1. The molecule has 0 N–H and O–H groups in total. The first kappa shape index (κ1) is 15.1. The minimum Gasteiger partial charge on any atom is -0.465 e. The van der Waals surface area contributed by atoms with E-state index in [1.807, 2.05) is 6.07 Å². The summed E-state index contributed by atoms with van der Waals surface area (Å²) in [4.78, 5) is 14.3. The van der Waals surface area contributed by atoms with E-state index >= 15 is 0 Å². The van der Waals surface area contributed by atoms with Crippen molar-refractivity contribution >= 4 is 5.97 Å². The van der Waals surface area contributed by atoms with Gasteiger partial charge in [-0.1, -0.05) is 27.2 Å². The van der Waals surface area contributed by atoms with E-state index in [1.165, 1.54) is 26.4 Å². The van der Waals surface area contributed by atoms with E-state index < -0.39 is 0 Å². The zero-order chi connectivity index (χ0) is 14.8. The lowest BCUT2D eigenvalue weighted by Gasteiger charge is -2.25. The fourth-order valence-electron chi connectivity index (χ4n) is 2.52.